The maximum atomic E-state index is 5.94. The first-order valence-electron chi connectivity index (χ1n) is 8.91. The number of pyridine rings is 1. The molecule has 1 saturated heterocycles. The Hall–Kier alpha value is -1.92. The van der Waals surface area contributed by atoms with Crippen molar-refractivity contribution in [2.24, 2.45) is 0 Å². The molecule has 1 fully saturated rings. The van der Waals surface area contributed by atoms with E-state index in [0.717, 1.165) is 31.0 Å². The Labute approximate surface area is 149 Å². The molecule has 0 N–H and O–H groups in total. The molecule has 1 aliphatic rings. The molecule has 136 valence electrons. The van der Waals surface area contributed by atoms with Crippen LogP contribution in [-0.2, 0) is 11.3 Å². The minimum atomic E-state index is 0.253. The maximum Gasteiger partial charge on any atom is 0.137 e. The van der Waals surface area contributed by atoms with E-state index in [2.05, 4.69) is 42.0 Å². The van der Waals surface area contributed by atoms with Crippen LogP contribution in [0.2, 0.25) is 0 Å². The van der Waals surface area contributed by atoms with E-state index in [4.69, 9.17) is 9.47 Å². The van der Waals surface area contributed by atoms with Gasteiger partial charge < -0.3 is 9.47 Å². The topological polar surface area (TPSA) is 52.4 Å². The van der Waals surface area contributed by atoms with Crippen molar-refractivity contribution in [2.75, 3.05) is 20.3 Å². The fourth-order valence-electron chi connectivity index (χ4n) is 3.26. The van der Waals surface area contributed by atoms with Gasteiger partial charge in [-0.05, 0) is 39.3 Å². The highest BCUT2D eigenvalue weighted by atomic mass is 16.5. The first-order chi connectivity index (χ1) is 12.1. The van der Waals surface area contributed by atoms with Gasteiger partial charge in [-0.2, -0.15) is 5.10 Å². The van der Waals surface area contributed by atoms with Crippen LogP contribution in [0.1, 0.15) is 37.6 Å². The first kappa shape index (κ1) is 17.9. The summed E-state index contributed by atoms with van der Waals surface area (Å²) in [6, 6.07) is 4.54. The van der Waals surface area contributed by atoms with Crippen molar-refractivity contribution >= 4 is 0 Å². The summed E-state index contributed by atoms with van der Waals surface area (Å²) in [6.07, 6.45) is 6.91. The van der Waals surface area contributed by atoms with Crippen molar-refractivity contribution in [3.8, 4) is 5.75 Å². The molecule has 0 aliphatic carbocycles. The van der Waals surface area contributed by atoms with E-state index in [0.29, 0.717) is 18.7 Å². The molecule has 0 amide bonds. The molecule has 0 aromatic carbocycles. The number of methoxy groups -OCH3 is 1. The fourth-order valence-corrected chi connectivity index (χ4v) is 3.26. The van der Waals surface area contributed by atoms with Gasteiger partial charge in [0.25, 0.3) is 0 Å². The van der Waals surface area contributed by atoms with Crippen LogP contribution in [-0.4, -0.2) is 52.1 Å². The molecule has 6 heteroatoms. The lowest BCUT2D eigenvalue weighted by Crippen LogP contribution is -2.34. The molecule has 0 unspecified atom stereocenters. The Morgan fingerprint density at radius 3 is 2.84 bits per heavy atom. The van der Waals surface area contributed by atoms with Crippen LogP contribution >= 0.6 is 0 Å². The zero-order valence-electron chi connectivity index (χ0n) is 15.6. The van der Waals surface area contributed by atoms with Gasteiger partial charge in [-0.1, -0.05) is 0 Å². The zero-order chi connectivity index (χ0) is 17.8. The van der Waals surface area contributed by atoms with E-state index in [1.807, 2.05) is 16.8 Å². The van der Waals surface area contributed by atoms with Crippen LogP contribution in [0, 0.1) is 6.92 Å². The molecule has 3 rings (SSSR count). The summed E-state index contributed by atoms with van der Waals surface area (Å²) < 4.78 is 13.6. The SMILES string of the molecule is CO[C@@H]1C[C@@H](COc2cccnc2)N(Cc2cn(C(C)C)nc2C)C1. The summed E-state index contributed by atoms with van der Waals surface area (Å²) >= 11 is 0. The number of hydrogen-bond acceptors (Lipinski definition) is 5. The van der Waals surface area contributed by atoms with Gasteiger partial charge in [0.2, 0.25) is 0 Å². The predicted molar refractivity (Wildman–Crippen MR) is 96.7 cm³/mol. The van der Waals surface area contributed by atoms with E-state index >= 15 is 0 Å². The van der Waals surface area contributed by atoms with Crippen molar-refractivity contribution in [2.45, 2.75) is 51.9 Å². The van der Waals surface area contributed by atoms with Crippen LogP contribution in [0.25, 0.3) is 0 Å². The molecule has 2 aromatic rings. The summed E-state index contributed by atoms with van der Waals surface area (Å²) in [5.41, 5.74) is 2.37. The van der Waals surface area contributed by atoms with Crippen molar-refractivity contribution in [3.05, 3.63) is 42.0 Å². The van der Waals surface area contributed by atoms with Gasteiger partial charge in [0.15, 0.2) is 0 Å². The summed E-state index contributed by atoms with van der Waals surface area (Å²) in [7, 11) is 1.79. The third kappa shape index (κ3) is 4.38. The van der Waals surface area contributed by atoms with Crippen LogP contribution < -0.4 is 4.74 Å². The second-order valence-electron chi connectivity index (χ2n) is 6.99. The normalized spacial score (nSPS) is 21.2. The smallest absolute Gasteiger partial charge is 0.137 e. The monoisotopic (exact) mass is 344 g/mol. The number of rotatable bonds is 7. The second kappa shape index (κ2) is 7.97. The summed E-state index contributed by atoms with van der Waals surface area (Å²) in [6.45, 7) is 8.82. The van der Waals surface area contributed by atoms with Gasteiger partial charge in [-0.3, -0.25) is 14.6 Å². The summed E-state index contributed by atoms with van der Waals surface area (Å²) in [5.74, 6) is 0.812. The molecule has 0 radical (unpaired) electrons. The zero-order valence-corrected chi connectivity index (χ0v) is 15.6. The van der Waals surface area contributed by atoms with E-state index in [-0.39, 0.29) is 6.10 Å². The lowest BCUT2D eigenvalue weighted by Gasteiger charge is -2.23. The van der Waals surface area contributed by atoms with Gasteiger partial charge in [-0.15, -0.1) is 0 Å². The van der Waals surface area contributed by atoms with Crippen LogP contribution in [0.15, 0.2) is 30.7 Å². The van der Waals surface area contributed by atoms with Crippen LogP contribution in [0.3, 0.4) is 0 Å². The minimum Gasteiger partial charge on any atom is -0.490 e. The van der Waals surface area contributed by atoms with Crippen LogP contribution in [0.4, 0.5) is 0 Å². The molecule has 2 atom stereocenters. The van der Waals surface area contributed by atoms with Crippen LogP contribution in [0.5, 0.6) is 5.75 Å². The maximum absolute atomic E-state index is 5.94. The number of ether oxygens (including phenoxy) is 2. The van der Waals surface area contributed by atoms with Gasteiger partial charge >= 0.3 is 0 Å². The Morgan fingerprint density at radius 1 is 1.36 bits per heavy atom. The predicted octanol–water partition coefficient (Wildman–Crippen LogP) is 2.84. The summed E-state index contributed by atoms with van der Waals surface area (Å²) in [5, 5.41) is 4.63. The average molecular weight is 344 g/mol. The lowest BCUT2D eigenvalue weighted by atomic mass is 10.2. The van der Waals surface area contributed by atoms with E-state index < -0.39 is 0 Å². The van der Waals surface area contributed by atoms with Gasteiger partial charge in [-0.25, -0.2) is 0 Å². The fraction of sp³-hybridized carbons (Fsp3) is 0.579. The van der Waals surface area contributed by atoms with Crippen molar-refractivity contribution in [3.63, 3.8) is 0 Å². The average Bonchev–Trinajstić information content (AvgIpc) is 3.18. The molecular weight excluding hydrogens is 316 g/mol. The number of aromatic nitrogens is 3. The van der Waals surface area contributed by atoms with Gasteiger partial charge in [0, 0.05) is 50.2 Å². The molecular formula is C19H28N4O2. The highest BCUT2D eigenvalue weighted by Crippen LogP contribution is 2.24. The van der Waals surface area contributed by atoms with Crippen molar-refractivity contribution < 1.29 is 9.47 Å². The van der Waals surface area contributed by atoms with Gasteiger partial charge in [0.05, 0.1) is 18.0 Å². The first-order valence-corrected chi connectivity index (χ1v) is 8.91. The molecule has 0 bridgehead atoms. The summed E-state index contributed by atoms with van der Waals surface area (Å²) in [4.78, 5) is 6.55. The minimum absolute atomic E-state index is 0.253. The van der Waals surface area contributed by atoms with Crippen molar-refractivity contribution in [1.82, 2.24) is 19.7 Å². The third-order valence-electron chi connectivity index (χ3n) is 4.82. The number of aryl methyl sites for hydroxylation is 1. The number of likely N-dealkylation sites (tertiary alicyclic amines) is 1. The van der Waals surface area contributed by atoms with Gasteiger partial charge in [0.1, 0.15) is 12.4 Å². The van der Waals surface area contributed by atoms with E-state index in [9.17, 15) is 0 Å². The highest BCUT2D eigenvalue weighted by molar-refractivity contribution is 5.17. The Kier molecular flexibility index (Phi) is 5.71. The second-order valence-corrected chi connectivity index (χ2v) is 6.99. The Morgan fingerprint density at radius 2 is 2.20 bits per heavy atom. The molecule has 0 spiro atoms. The van der Waals surface area contributed by atoms with Crippen molar-refractivity contribution in [1.29, 1.82) is 0 Å². The molecule has 2 aromatic heterocycles. The molecule has 3 heterocycles. The quantitative estimate of drug-likeness (QED) is 0.773. The van der Waals surface area contributed by atoms with E-state index in [1.54, 1.807) is 19.5 Å². The van der Waals surface area contributed by atoms with E-state index in [1.165, 1.54) is 5.56 Å². The highest BCUT2D eigenvalue weighted by Gasteiger charge is 2.33. The molecule has 0 saturated carbocycles. The number of hydrogen-bond donors (Lipinski definition) is 0. The molecule has 25 heavy (non-hydrogen) atoms. The molecule has 1 aliphatic heterocycles. The third-order valence-corrected chi connectivity index (χ3v) is 4.82. The largest absolute Gasteiger partial charge is 0.490 e. The Bertz CT molecular complexity index is 671. The Balaban J connectivity index is 1.67. The number of nitrogens with zero attached hydrogens (tertiary/aromatic N) is 4. The lowest BCUT2D eigenvalue weighted by molar-refractivity contribution is 0.107. The molecule has 6 nitrogen and oxygen atoms in total. The standard InChI is InChI=1S/C19H28N4O2/c1-14(2)23-11-16(15(3)21-23)10-22-12-19(24-4)8-17(22)13-25-18-6-5-7-20-9-18/h5-7,9,11,14,17,19H,8,10,12-13H2,1-4H3/t17-,19+/m0/s1.